The Bertz CT molecular complexity index is 1670. The van der Waals surface area contributed by atoms with E-state index in [-0.39, 0.29) is 0 Å². The lowest BCUT2D eigenvalue weighted by molar-refractivity contribution is -0.105. The minimum Gasteiger partial charge on any atom is -0.497 e. The van der Waals surface area contributed by atoms with Crippen LogP contribution >= 0.6 is 7.60 Å². The summed E-state index contributed by atoms with van der Waals surface area (Å²) in [7, 11) is -3.80. The van der Waals surface area contributed by atoms with Gasteiger partial charge in [0, 0.05) is 6.42 Å². The fourth-order valence-corrected chi connectivity index (χ4v) is 6.08. The molecule has 0 radical (unpaired) electrons. The van der Waals surface area contributed by atoms with E-state index < -0.39 is 61.0 Å². The van der Waals surface area contributed by atoms with E-state index in [0.29, 0.717) is 33.2 Å². The van der Waals surface area contributed by atoms with Gasteiger partial charge in [0.2, 0.25) is 5.82 Å². The van der Waals surface area contributed by atoms with Gasteiger partial charge in [0.1, 0.15) is 23.7 Å². The van der Waals surface area contributed by atoms with Crippen molar-refractivity contribution < 1.29 is 38.1 Å². The maximum atomic E-state index is 14.0. The lowest BCUT2D eigenvalue weighted by Gasteiger charge is -2.38. The molecule has 1 aliphatic rings. The highest BCUT2D eigenvalue weighted by Crippen LogP contribution is 2.59. The summed E-state index contributed by atoms with van der Waals surface area (Å²) in [4.78, 5) is 46.1. The fraction of sp³-hybridized carbons (Fsp3) is 0.241. The van der Waals surface area contributed by atoms with Crippen LogP contribution in [0.1, 0.15) is 29.3 Å². The molecule has 0 unspecified atom stereocenters. The Morgan fingerprint density at radius 1 is 1.00 bits per heavy atom. The van der Waals surface area contributed by atoms with Crippen LogP contribution in [0.5, 0.6) is 5.75 Å². The van der Waals surface area contributed by atoms with Gasteiger partial charge in [-0.05, 0) is 28.8 Å². The van der Waals surface area contributed by atoms with Crippen LogP contribution in [0.4, 0.5) is 4.39 Å². The van der Waals surface area contributed by atoms with Crippen LogP contribution in [-0.2, 0) is 19.6 Å². The summed E-state index contributed by atoms with van der Waals surface area (Å²) in [6, 6.07) is 25.3. The summed E-state index contributed by atoms with van der Waals surface area (Å²) in [6.07, 6.45) is -3.44. The van der Waals surface area contributed by atoms with Crippen molar-refractivity contribution >= 4 is 7.60 Å². The second-order valence-electron chi connectivity index (χ2n) is 9.80. The van der Waals surface area contributed by atoms with Gasteiger partial charge in [-0.25, -0.2) is 4.79 Å². The number of aromatic nitrogens is 2. The number of aromatic amines is 1. The van der Waals surface area contributed by atoms with E-state index in [1.54, 1.807) is 29.2 Å². The largest absolute Gasteiger partial charge is 0.497 e. The zero-order chi connectivity index (χ0) is 30.1. The second kappa shape index (κ2) is 11.4. The molecule has 3 aromatic carbocycles. The lowest BCUT2D eigenvalue weighted by Crippen LogP contribution is -2.44. The molecule has 0 amide bonds. The third-order valence-corrected chi connectivity index (χ3v) is 8.84. The summed E-state index contributed by atoms with van der Waals surface area (Å²) >= 11 is 0. The first-order chi connectivity index (χ1) is 20.0. The predicted octanol–water partition coefficient (Wildman–Crippen LogP) is 2.85. The molecule has 5 rings (SSSR count). The molecule has 1 aliphatic heterocycles. The van der Waals surface area contributed by atoms with Crippen LogP contribution in [0.3, 0.4) is 0 Å². The molecular weight excluding hydrogens is 570 g/mol. The van der Waals surface area contributed by atoms with E-state index in [1.165, 1.54) is 7.11 Å². The fourth-order valence-electron chi connectivity index (χ4n) is 5.18. The number of ether oxygens (including phenoxy) is 3. The van der Waals surface area contributed by atoms with Crippen LogP contribution in [0.15, 0.2) is 101 Å². The zero-order valence-corrected chi connectivity index (χ0v) is 23.2. The molecule has 42 heavy (non-hydrogen) atoms. The van der Waals surface area contributed by atoms with E-state index >= 15 is 0 Å². The molecule has 0 bridgehead atoms. The molecule has 13 heteroatoms. The van der Waals surface area contributed by atoms with Gasteiger partial charge >= 0.3 is 13.3 Å². The summed E-state index contributed by atoms with van der Waals surface area (Å²) in [5.41, 5.74) is -1.76. The molecule has 1 saturated heterocycles. The lowest BCUT2D eigenvalue weighted by atomic mass is 9.80. The van der Waals surface area contributed by atoms with Gasteiger partial charge in [-0.3, -0.25) is 18.9 Å². The van der Waals surface area contributed by atoms with Crippen molar-refractivity contribution in [2.45, 2.75) is 29.7 Å². The quantitative estimate of drug-likeness (QED) is 0.168. The first-order valence-corrected chi connectivity index (χ1v) is 14.4. The highest BCUT2D eigenvalue weighted by molar-refractivity contribution is 7.53. The number of H-pyrrole nitrogens is 1. The number of aliphatic hydroxyl groups is 1. The van der Waals surface area contributed by atoms with E-state index in [9.17, 15) is 33.4 Å². The molecule has 220 valence electrons. The first kappa shape index (κ1) is 29.6. The molecular formula is C29H28FN2O9P. The molecule has 3 atom stereocenters. The van der Waals surface area contributed by atoms with Crippen LogP contribution in [0.25, 0.3) is 0 Å². The molecule has 1 fully saturated rings. The van der Waals surface area contributed by atoms with Crippen molar-refractivity contribution in [3.8, 4) is 5.75 Å². The summed E-state index contributed by atoms with van der Waals surface area (Å²) in [6.45, 7) is -0.575. The molecule has 0 spiro atoms. The monoisotopic (exact) mass is 598 g/mol. The van der Waals surface area contributed by atoms with Gasteiger partial charge in [0.05, 0.1) is 19.9 Å². The SMILES string of the molecule is COc1ccc(C(OC[C@H]2O[C@@H](n3cc(F)c(=O)[nH]c3=O)C[C@@]2(O)P(=O)(O)O)(c2ccccc2)c2ccccc2)cc1. The average Bonchev–Trinajstić information content (AvgIpc) is 3.34. The van der Waals surface area contributed by atoms with Gasteiger partial charge in [0.15, 0.2) is 5.34 Å². The Kier molecular flexibility index (Phi) is 8.04. The second-order valence-corrected chi connectivity index (χ2v) is 11.7. The van der Waals surface area contributed by atoms with Gasteiger partial charge in [-0.2, -0.15) is 4.39 Å². The van der Waals surface area contributed by atoms with Crippen molar-refractivity contribution in [3.63, 3.8) is 0 Å². The minimum absolute atomic E-state index is 0.560. The highest BCUT2D eigenvalue weighted by Gasteiger charge is 2.60. The van der Waals surface area contributed by atoms with Gasteiger partial charge in [0.25, 0.3) is 5.56 Å². The van der Waals surface area contributed by atoms with Gasteiger partial charge in [-0.1, -0.05) is 72.8 Å². The number of hydrogen-bond donors (Lipinski definition) is 4. The van der Waals surface area contributed by atoms with Crippen molar-refractivity contribution in [1.82, 2.24) is 9.55 Å². The van der Waals surface area contributed by atoms with E-state index in [2.05, 4.69) is 0 Å². The van der Waals surface area contributed by atoms with Crippen molar-refractivity contribution in [3.05, 3.63) is 134 Å². The normalized spacial score (nSPS) is 20.9. The predicted molar refractivity (Wildman–Crippen MR) is 149 cm³/mol. The Hall–Kier alpha value is -3.90. The van der Waals surface area contributed by atoms with Crippen LogP contribution < -0.4 is 16.0 Å². The smallest absolute Gasteiger partial charge is 0.359 e. The van der Waals surface area contributed by atoms with Crippen molar-refractivity contribution in [2.75, 3.05) is 13.7 Å². The zero-order valence-electron chi connectivity index (χ0n) is 22.3. The Morgan fingerprint density at radius 2 is 1.55 bits per heavy atom. The van der Waals surface area contributed by atoms with Crippen LogP contribution in [0.2, 0.25) is 0 Å². The Labute approximate surface area is 238 Å². The third kappa shape index (κ3) is 5.24. The van der Waals surface area contributed by atoms with Crippen molar-refractivity contribution in [1.29, 1.82) is 0 Å². The highest BCUT2D eigenvalue weighted by atomic mass is 31.2. The Balaban J connectivity index is 1.61. The standard InChI is InChI=1S/C29H28FN2O9P/c1-39-22-14-12-21(13-15-22)29(19-8-4-2-5-9-19,20-10-6-3-7-11-20)40-18-24-28(35,42(36,37)38)16-25(41-24)32-17-23(30)26(33)31-27(32)34/h2-15,17,24-25,35H,16,18H2,1H3,(H,31,33,34)(H2,36,37,38)/t24-,25-,28-/m1/s1. The third-order valence-electron chi connectivity index (χ3n) is 7.36. The maximum absolute atomic E-state index is 14.0. The molecule has 2 heterocycles. The molecule has 4 N–H and O–H groups in total. The summed E-state index contributed by atoms with van der Waals surface area (Å²) in [5.74, 6) is -0.727. The van der Waals surface area contributed by atoms with Crippen molar-refractivity contribution in [2.24, 2.45) is 0 Å². The first-order valence-electron chi connectivity index (χ1n) is 12.8. The number of rotatable bonds is 9. The molecule has 4 aromatic rings. The molecule has 0 aliphatic carbocycles. The number of halogens is 1. The maximum Gasteiger partial charge on any atom is 0.359 e. The average molecular weight is 599 g/mol. The van der Waals surface area contributed by atoms with Gasteiger partial charge in [-0.15, -0.1) is 0 Å². The van der Waals surface area contributed by atoms with Gasteiger partial charge < -0.3 is 29.1 Å². The number of methoxy groups -OCH3 is 1. The topological polar surface area (TPSA) is 160 Å². The van der Waals surface area contributed by atoms with Crippen LogP contribution in [-0.4, -0.2) is 49.6 Å². The van der Waals surface area contributed by atoms with Crippen LogP contribution in [0, 0.1) is 5.82 Å². The summed E-state index contributed by atoms with van der Waals surface area (Å²) in [5, 5.41) is 8.53. The van der Waals surface area contributed by atoms with E-state index in [0.717, 1.165) is 0 Å². The minimum atomic E-state index is -5.33. The number of nitrogens with zero attached hydrogens (tertiary/aromatic N) is 1. The van der Waals surface area contributed by atoms with E-state index in [4.69, 9.17) is 14.2 Å². The molecule has 0 saturated carbocycles. The van der Waals surface area contributed by atoms with E-state index in [1.807, 2.05) is 60.7 Å². The molecule has 11 nitrogen and oxygen atoms in total. The number of benzene rings is 3. The number of hydrogen-bond acceptors (Lipinski definition) is 7. The number of nitrogens with one attached hydrogen (secondary N) is 1. The summed E-state index contributed by atoms with van der Waals surface area (Å²) < 4.78 is 45.0. The Morgan fingerprint density at radius 3 is 2.07 bits per heavy atom. The molecule has 1 aromatic heterocycles.